The van der Waals surface area contributed by atoms with Crippen LogP contribution in [0.15, 0.2) is 4.42 Å². The monoisotopic (exact) mass is 180 g/mol. The summed E-state index contributed by atoms with van der Waals surface area (Å²) in [5.74, 6) is 1.89. The van der Waals surface area contributed by atoms with Gasteiger partial charge < -0.3 is 9.73 Å². The molecule has 72 valence electrons. The minimum Gasteiger partial charge on any atom is -0.443 e. The fourth-order valence-electron chi connectivity index (χ4n) is 1.45. The highest BCUT2D eigenvalue weighted by Crippen LogP contribution is 2.25. The highest BCUT2D eigenvalue weighted by Gasteiger charge is 2.24. The van der Waals surface area contributed by atoms with Gasteiger partial charge in [0.1, 0.15) is 5.76 Å². The van der Waals surface area contributed by atoms with Crippen molar-refractivity contribution in [3.05, 3.63) is 17.3 Å². The first-order valence-electron chi connectivity index (χ1n) is 4.77. The summed E-state index contributed by atoms with van der Waals surface area (Å²) in [5.41, 5.74) is 1.17. The Bertz CT molecular complexity index is 286. The molecule has 1 N–H and O–H groups in total. The molecule has 1 aromatic heterocycles. The van der Waals surface area contributed by atoms with Gasteiger partial charge in [0.15, 0.2) is 5.89 Å². The molecule has 0 bridgehead atoms. The van der Waals surface area contributed by atoms with Crippen molar-refractivity contribution in [1.29, 1.82) is 0 Å². The van der Waals surface area contributed by atoms with Crippen molar-refractivity contribution in [3.63, 3.8) is 0 Å². The third-order valence-electron chi connectivity index (χ3n) is 2.24. The second-order valence-corrected chi connectivity index (χ2v) is 4.57. The van der Waals surface area contributed by atoms with Gasteiger partial charge in [-0.15, -0.1) is 0 Å². The van der Waals surface area contributed by atoms with E-state index in [1.165, 1.54) is 0 Å². The summed E-state index contributed by atoms with van der Waals surface area (Å²) >= 11 is 0. The molecule has 1 aliphatic heterocycles. The van der Waals surface area contributed by atoms with Crippen LogP contribution in [0.5, 0.6) is 0 Å². The normalized spacial score (nSPS) is 17.2. The summed E-state index contributed by atoms with van der Waals surface area (Å²) in [7, 11) is 0. The fraction of sp³-hybridized carbons (Fsp3) is 0.700. The van der Waals surface area contributed by atoms with Crippen LogP contribution in [0.3, 0.4) is 0 Å². The Morgan fingerprint density at radius 1 is 1.38 bits per heavy atom. The third kappa shape index (κ3) is 1.61. The molecule has 0 spiro atoms. The van der Waals surface area contributed by atoms with Crippen LogP contribution in [0.4, 0.5) is 0 Å². The van der Waals surface area contributed by atoms with Crippen LogP contribution < -0.4 is 5.32 Å². The van der Waals surface area contributed by atoms with Gasteiger partial charge in [-0.3, -0.25) is 0 Å². The van der Waals surface area contributed by atoms with Crippen LogP contribution in [-0.2, 0) is 18.4 Å². The minimum atomic E-state index is 0.0251. The summed E-state index contributed by atoms with van der Waals surface area (Å²) in [6.45, 7) is 8.22. The molecule has 3 heteroatoms. The van der Waals surface area contributed by atoms with E-state index in [-0.39, 0.29) is 5.41 Å². The van der Waals surface area contributed by atoms with Gasteiger partial charge in [-0.05, 0) is 0 Å². The van der Waals surface area contributed by atoms with E-state index in [9.17, 15) is 0 Å². The zero-order valence-electron chi connectivity index (χ0n) is 8.48. The highest BCUT2D eigenvalue weighted by atomic mass is 16.4. The minimum absolute atomic E-state index is 0.0251. The quantitative estimate of drug-likeness (QED) is 0.659. The fourth-order valence-corrected chi connectivity index (χ4v) is 1.45. The van der Waals surface area contributed by atoms with Gasteiger partial charge in [-0.25, -0.2) is 4.98 Å². The summed E-state index contributed by atoms with van der Waals surface area (Å²) in [5, 5.41) is 3.27. The van der Waals surface area contributed by atoms with E-state index >= 15 is 0 Å². The molecular weight excluding hydrogens is 164 g/mol. The largest absolute Gasteiger partial charge is 0.443 e. The molecule has 2 rings (SSSR count). The van der Waals surface area contributed by atoms with E-state index in [4.69, 9.17) is 4.42 Å². The van der Waals surface area contributed by atoms with Crippen LogP contribution in [0, 0.1) is 0 Å². The van der Waals surface area contributed by atoms with Crippen LogP contribution in [-0.4, -0.2) is 11.5 Å². The van der Waals surface area contributed by atoms with Crippen molar-refractivity contribution in [1.82, 2.24) is 10.3 Å². The number of aromatic nitrogens is 1. The van der Waals surface area contributed by atoms with Gasteiger partial charge in [-0.1, -0.05) is 20.8 Å². The maximum Gasteiger partial charge on any atom is 0.200 e. The Morgan fingerprint density at radius 2 is 2.15 bits per heavy atom. The Kier molecular flexibility index (Phi) is 1.91. The van der Waals surface area contributed by atoms with Gasteiger partial charge in [0.05, 0.1) is 12.2 Å². The Hall–Kier alpha value is -0.830. The summed E-state index contributed by atoms with van der Waals surface area (Å²) < 4.78 is 5.70. The number of fused-ring (bicyclic) bond motifs is 1. The summed E-state index contributed by atoms with van der Waals surface area (Å²) in [4.78, 5) is 4.52. The van der Waals surface area contributed by atoms with Crippen molar-refractivity contribution >= 4 is 0 Å². The molecule has 0 fully saturated rings. The number of nitrogens with one attached hydrogen (secondary N) is 1. The Morgan fingerprint density at radius 3 is 2.77 bits per heavy atom. The van der Waals surface area contributed by atoms with E-state index in [2.05, 4.69) is 31.1 Å². The predicted octanol–water partition coefficient (Wildman–Crippen LogP) is 1.62. The third-order valence-corrected chi connectivity index (χ3v) is 2.24. The molecule has 0 amide bonds. The molecule has 0 radical (unpaired) electrons. The van der Waals surface area contributed by atoms with E-state index in [1.807, 2.05) is 0 Å². The Labute approximate surface area is 78.5 Å². The average molecular weight is 180 g/mol. The zero-order chi connectivity index (χ0) is 9.47. The molecule has 0 saturated heterocycles. The lowest BCUT2D eigenvalue weighted by atomic mass is 9.97. The number of rotatable bonds is 0. The van der Waals surface area contributed by atoms with Crippen LogP contribution in [0.1, 0.15) is 38.1 Å². The zero-order valence-corrected chi connectivity index (χ0v) is 8.48. The Balaban J connectivity index is 2.36. The molecule has 1 aliphatic rings. The first kappa shape index (κ1) is 8.75. The molecule has 0 atom stereocenters. The first-order chi connectivity index (χ1) is 6.07. The molecule has 0 aromatic carbocycles. The molecule has 0 aliphatic carbocycles. The van der Waals surface area contributed by atoms with E-state index in [0.717, 1.165) is 36.9 Å². The lowest BCUT2D eigenvalue weighted by molar-refractivity contribution is 0.363. The van der Waals surface area contributed by atoms with Gasteiger partial charge in [0.25, 0.3) is 0 Å². The summed E-state index contributed by atoms with van der Waals surface area (Å²) in [6, 6.07) is 0. The highest BCUT2D eigenvalue weighted by molar-refractivity contribution is 5.15. The van der Waals surface area contributed by atoms with E-state index < -0.39 is 0 Å². The van der Waals surface area contributed by atoms with E-state index in [0.29, 0.717) is 0 Å². The second-order valence-electron chi connectivity index (χ2n) is 4.57. The van der Waals surface area contributed by atoms with Gasteiger partial charge >= 0.3 is 0 Å². The summed E-state index contributed by atoms with van der Waals surface area (Å²) in [6.07, 6.45) is 0.995. The van der Waals surface area contributed by atoms with Crippen molar-refractivity contribution in [2.24, 2.45) is 0 Å². The molecule has 2 heterocycles. The van der Waals surface area contributed by atoms with Gasteiger partial charge in [0.2, 0.25) is 0 Å². The van der Waals surface area contributed by atoms with Crippen molar-refractivity contribution in [2.75, 3.05) is 6.54 Å². The molecule has 3 nitrogen and oxygen atoms in total. The smallest absolute Gasteiger partial charge is 0.200 e. The first-order valence-corrected chi connectivity index (χ1v) is 4.77. The second kappa shape index (κ2) is 2.84. The number of hydrogen-bond acceptors (Lipinski definition) is 3. The molecular formula is C10H16N2O. The number of nitrogens with zero attached hydrogens (tertiary/aromatic N) is 1. The van der Waals surface area contributed by atoms with E-state index in [1.54, 1.807) is 0 Å². The topological polar surface area (TPSA) is 38.1 Å². The van der Waals surface area contributed by atoms with Crippen molar-refractivity contribution in [3.8, 4) is 0 Å². The standard InChI is InChI=1S/C10H16N2O/c1-10(2,3)9-12-7-4-5-11-6-8(7)13-9/h11H,4-6H2,1-3H3. The van der Waals surface area contributed by atoms with Crippen LogP contribution in [0.2, 0.25) is 0 Å². The van der Waals surface area contributed by atoms with Crippen molar-refractivity contribution < 1.29 is 4.42 Å². The predicted molar refractivity (Wildman–Crippen MR) is 50.6 cm³/mol. The van der Waals surface area contributed by atoms with Crippen LogP contribution in [0.25, 0.3) is 0 Å². The molecule has 0 saturated carbocycles. The average Bonchev–Trinajstić information content (AvgIpc) is 2.45. The number of oxazole rings is 1. The van der Waals surface area contributed by atoms with Gasteiger partial charge in [-0.2, -0.15) is 0 Å². The molecule has 0 unspecified atom stereocenters. The SMILES string of the molecule is CC(C)(C)c1nc2c(o1)CNCC2. The molecule has 13 heavy (non-hydrogen) atoms. The van der Waals surface area contributed by atoms with Crippen molar-refractivity contribution in [2.45, 2.75) is 39.2 Å². The molecule has 1 aromatic rings. The maximum atomic E-state index is 5.70. The lowest BCUT2D eigenvalue weighted by Crippen LogP contribution is -2.22. The number of hydrogen-bond donors (Lipinski definition) is 1. The maximum absolute atomic E-state index is 5.70. The lowest BCUT2D eigenvalue weighted by Gasteiger charge is -2.12. The van der Waals surface area contributed by atoms with Gasteiger partial charge in [0, 0.05) is 18.4 Å². The van der Waals surface area contributed by atoms with Crippen LogP contribution >= 0.6 is 0 Å².